The maximum Gasteiger partial charge on any atom is 0.284 e. The van der Waals surface area contributed by atoms with Gasteiger partial charge in [-0.3, -0.25) is 18.8 Å². The van der Waals surface area contributed by atoms with E-state index in [1.54, 1.807) is 18.0 Å². The molecule has 0 bridgehead atoms. The van der Waals surface area contributed by atoms with E-state index in [9.17, 15) is 9.90 Å². The van der Waals surface area contributed by atoms with Crippen molar-refractivity contribution in [3.8, 4) is 28.3 Å². The predicted molar refractivity (Wildman–Crippen MR) is 140 cm³/mol. The molecule has 0 aliphatic rings. The van der Waals surface area contributed by atoms with Gasteiger partial charge in [-0.1, -0.05) is 36.4 Å². The summed E-state index contributed by atoms with van der Waals surface area (Å²) < 4.78 is 8.52. The van der Waals surface area contributed by atoms with E-state index in [0.717, 1.165) is 34.8 Å². The maximum absolute atomic E-state index is 13.5. The summed E-state index contributed by atoms with van der Waals surface area (Å²) in [6.45, 7) is 1.46. The van der Waals surface area contributed by atoms with Crippen LogP contribution in [0.3, 0.4) is 0 Å². The van der Waals surface area contributed by atoms with Crippen LogP contribution in [0.5, 0.6) is 5.75 Å². The second kappa shape index (κ2) is 10.2. The molecule has 0 fully saturated rings. The van der Waals surface area contributed by atoms with E-state index in [1.807, 2.05) is 67.7 Å². The van der Waals surface area contributed by atoms with Crippen molar-refractivity contribution in [3.05, 3.63) is 101 Å². The topological polar surface area (TPSA) is 85.4 Å². The molecule has 8 nitrogen and oxygen atoms in total. The van der Waals surface area contributed by atoms with Crippen molar-refractivity contribution >= 4 is 11.2 Å². The van der Waals surface area contributed by atoms with Gasteiger partial charge in [0.1, 0.15) is 18.4 Å². The molecule has 0 unspecified atom stereocenters. The third kappa shape index (κ3) is 4.51. The molecular formula is C28H27N5O3. The molecule has 0 aliphatic heterocycles. The number of nitrogens with zero attached hydrogens (tertiary/aromatic N) is 5. The van der Waals surface area contributed by atoms with E-state index in [0.29, 0.717) is 17.7 Å². The zero-order valence-corrected chi connectivity index (χ0v) is 20.2. The fourth-order valence-corrected chi connectivity index (χ4v) is 4.32. The van der Waals surface area contributed by atoms with Crippen LogP contribution in [0.1, 0.15) is 5.56 Å². The first-order valence-corrected chi connectivity index (χ1v) is 11.7. The molecule has 5 aromatic rings. The van der Waals surface area contributed by atoms with Gasteiger partial charge in [0.25, 0.3) is 5.56 Å². The Hall–Kier alpha value is -4.27. The highest BCUT2D eigenvalue weighted by atomic mass is 16.5. The minimum Gasteiger partial charge on any atom is -0.497 e. The second-order valence-corrected chi connectivity index (χ2v) is 8.57. The summed E-state index contributed by atoms with van der Waals surface area (Å²) in [5.74, 6) is 0.736. The molecule has 1 N–H and O–H groups in total. The Labute approximate surface area is 208 Å². The minimum atomic E-state index is -0.202. The highest BCUT2D eigenvalue weighted by molar-refractivity contribution is 5.73. The number of fused-ring (bicyclic) bond motifs is 1. The quantitative estimate of drug-likeness (QED) is 0.364. The predicted octanol–water partition coefficient (Wildman–Crippen LogP) is 3.67. The first-order valence-electron chi connectivity index (χ1n) is 11.7. The van der Waals surface area contributed by atoms with Gasteiger partial charge in [-0.15, -0.1) is 0 Å². The minimum absolute atomic E-state index is 0.123. The number of likely N-dealkylation sites (N-methyl/N-ethyl adjacent to an activating group) is 1. The Bertz CT molecular complexity index is 1540. The van der Waals surface area contributed by atoms with Crippen LogP contribution in [0, 0.1) is 0 Å². The van der Waals surface area contributed by atoms with Gasteiger partial charge in [0.2, 0.25) is 0 Å². The fraction of sp³-hybridized carbons (Fsp3) is 0.179. The summed E-state index contributed by atoms with van der Waals surface area (Å²) in [6.07, 6.45) is 3.13. The normalized spacial score (nSPS) is 11.3. The molecule has 5 rings (SSSR count). The molecule has 0 spiro atoms. The van der Waals surface area contributed by atoms with Crippen molar-refractivity contribution in [2.75, 3.05) is 27.3 Å². The first-order chi connectivity index (χ1) is 17.6. The largest absolute Gasteiger partial charge is 0.497 e. The lowest BCUT2D eigenvalue weighted by molar-refractivity contribution is 0.217. The molecule has 2 aromatic heterocycles. The van der Waals surface area contributed by atoms with Gasteiger partial charge in [0.05, 0.1) is 19.4 Å². The van der Waals surface area contributed by atoms with Crippen molar-refractivity contribution in [2.45, 2.75) is 6.54 Å². The van der Waals surface area contributed by atoms with Gasteiger partial charge in [0, 0.05) is 18.8 Å². The number of ether oxygens (including phenoxy) is 1. The van der Waals surface area contributed by atoms with Crippen molar-refractivity contribution in [1.82, 2.24) is 24.0 Å². The third-order valence-electron chi connectivity index (χ3n) is 6.21. The Kier molecular flexibility index (Phi) is 6.62. The molecule has 0 saturated carbocycles. The lowest BCUT2D eigenvalue weighted by atomic mass is 9.99. The van der Waals surface area contributed by atoms with Crippen LogP contribution < -0.4 is 10.3 Å². The van der Waals surface area contributed by atoms with Gasteiger partial charge < -0.3 is 9.84 Å². The molecule has 8 heteroatoms. The number of aliphatic hydroxyl groups excluding tert-OH is 1. The Morgan fingerprint density at radius 1 is 0.889 bits per heavy atom. The number of hydrogen-bond acceptors (Lipinski definition) is 6. The van der Waals surface area contributed by atoms with Crippen molar-refractivity contribution in [3.63, 3.8) is 0 Å². The molecular weight excluding hydrogens is 454 g/mol. The summed E-state index contributed by atoms with van der Waals surface area (Å²) >= 11 is 0. The average molecular weight is 482 g/mol. The van der Waals surface area contributed by atoms with Crippen molar-refractivity contribution in [1.29, 1.82) is 0 Å². The van der Waals surface area contributed by atoms with E-state index < -0.39 is 0 Å². The summed E-state index contributed by atoms with van der Waals surface area (Å²) in [5.41, 5.74) is 5.46. The van der Waals surface area contributed by atoms with Crippen LogP contribution in [0.2, 0.25) is 0 Å². The van der Waals surface area contributed by atoms with Gasteiger partial charge in [0.15, 0.2) is 11.2 Å². The molecule has 0 saturated heterocycles. The molecule has 0 aliphatic carbocycles. The molecule has 0 radical (unpaired) electrons. The number of benzene rings is 3. The monoisotopic (exact) mass is 481 g/mol. The standard InChI is InChI=1S/C28H27N5O3/c1-31(15-16-34)17-21-5-3-4-6-25(21)20-7-9-23(10-8-20)33-19-30-27-26(28(33)35)32(18-29-27)22-11-13-24(36-2)14-12-22/h3-14,18-19,34H,15-17H2,1-2H3. The molecule has 182 valence electrons. The zero-order chi connectivity index (χ0) is 25.1. The van der Waals surface area contributed by atoms with E-state index in [-0.39, 0.29) is 12.2 Å². The number of methoxy groups -OCH3 is 1. The van der Waals surface area contributed by atoms with Gasteiger partial charge in [-0.2, -0.15) is 0 Å². The summed E-state index contributed by atoms with van der Waals surface area (Å²) in [7, 11) is 3.60. The molecule has 0 amide bonds. The summed E-state index contributed by atoms with van der Waals surface area (Å²) in [4.78, 5) is 24.3. The zero-order valence-electron chi connectivity index (χ0n) is 20.2. The van der Waals surface area contributed by atoms with E-state index >= 15 is 0 Å². The van der Waals surface area contributed by atoms with Gasteiger partial charge in [-0.25, -0.2) is 9.97 Å². The molecule has 3 aromatic carbocycles. The lowest BCUT2D eigenvalue weighted by Gasteiger charge is -2.18. The molecule has 0 atom stereocenters. The lowest BCUT2D eigenvalue weighted by Crippen LogP contribution is -2.21. The van der Waals surface area contributed by atoms with Gasteiger partial charge in [-0.05, 0) is 60.1 Å². The Morgan fingerprint density at radius 3 is 2.22 bits per heavy atom. The first kappa shape index (κ1) is 23.5. The van der Waals surface area contributed by atoms with Crippen LogP contribution in [0.25, 0.3) is 33.7 Å². The van der Waals surface area contributed by atoms with E-state index in [4.69, 9.17) is 4.74 Å². The molecule has 36 heavy (non-hydrogen) atoms. The fourth-order valence-electron chi connectivity index (χ4n) is 4.32. The van der Waals surface area contributed by atoms with Gasteiger partial charge >= 0.3 is 0 Å². The number of rotatable bonds is 8. The van der Waals surface area contributed by atoms with Crippen LogP contribution in [-0.2, 0) is 6.54 Å². The number of hydrogen-bond donors (Lipinski definition) is 1. The number of imidazole rings is 1. The highest BCUT2D eigenvalue weighted by Gasteiger charge is 2.14. The number of aliphatic hydroxyl groups is 1. The Balaban J connectivity index is 1.50. The van der Waals surface area contributed by atoms with Crippen molar-refractivity contribution in [2.24, 2.45) is 0 Å². The third-order valence-corrected chi connectivity index (χ3v) is 6.21. The van der Waals surface area contributed by atoms with E-state index in [2.05, 4.69) is 27.0 Å². The second-order valence-electron chi connectivity index (χ2n) is 8.57. The van der Waals surface area contributed by atoms with Crippen LogP contribution >= 0.6 is 0 Å². The highest BCUT2D eigenvalue weighted by Crippen LogP contribution is 2.26. The number of aromatic nitrogens is 4. The smallest absolute Gasteiger partial charge is 0.284 e. The summed E-state index contributed by atoms with van der Waals surface area (Å²) in [5, 5.41) is 9.23. The van der Waals surface area contributed by atoms with E-state index in [1.165, 1.54) is 16.5 Å². The van der Waals surface area contributed by atoms with Crippen molar-refractivity contribution < 1.29 is 9.84 Å². The SMILES string of the molecule is COc1ccc(-n2cnc3ncn(-c4ccc(-c5ccccc5CN(C)CCO)cc4)c(=O)c32)cc1. The Morgan fingerprint density at radius 2 is 1.53 bits per heavy atom. The summed E-state index contributed by atoms with van der Waals surface area (Å²) in [6, 6.07) is 23.5. The maximum atomic E-state index is 13.5. The average Bonchev–Trinajstić information content (AvgIpc) is 3.35. The molecule has 2 heterocycles. The van der Waals surface area contributed by atoms with Crippen LogP contribution in [0.4, 0.5) is 0 Å². The van der Waals surface area contributed by atoms with Crippen LogP contribution in [-0.4, -0.2) is 56.4 Å². The van der Waals surface area contributed by atoms with Crippen LogP contribution in [0.15, 0.2) is 90.2 Å².